The highest BCUT2D eigenvalue weighted by molar-refractivity contribution is 9.09. The van der Waals surface area contributed by atoms with E-state index in [9.17, 15) is 24.3 Å². The van der Waals surface area contributed by atoms with Crippen LogP contribution >= 0.6 is 39.1 Å². The number of phenols is 1. The number of nitrogens with zero attached hydrogens (tertiary/aromatic N) is 2. The number of carbonyl (C=O) groups excluding carboxylic acids is 4. The van der Waals surface area contributed by atoms with Crippen molar-refractivity contribution in [3.8, 4) is 5.75 Å². The van der Waals surface area contributed by atoms with Crippen LogP contribution in [0.5, 0.6) is 5.75 Å². The van der Waals surface area contributed by atoms with Crippen molar-refractivity contribution in [2.45, 2.75) is 41.9 Å². The molecule has 2 aromatic carbocycles. The molecule has 0 bridgehead atoms. The number of imide groups is 2. The molecule has 2 aliphatic heterocycles. The van der Waals surface area contributed by atoms with E-state index in [1.807, 2.05) is 25.1 Å². The molecule has 6 rings (SSSR count). The van der Waals surface area contributed by atoms with E-state index in [2.05, 4.69) is 15.9 Å². The highest BCUT2D eigenvalue weighted by Crippen LogP contribution is 2.66. The van der Waals surface area contributed by atoms with Crippen LogP contribution in [-0.4, -0.2) is 48.8 Å². The molecular weight excluding hydrogens is 607 g/mol. The molecule has 1 N–H and O–H groups in total. The first-order chi connectivity index (χ1) is 18.6. The fourth-order valence-electron chi connectivity index (χ4n) is 6.97. The number of aromatic hydroxyl groups is 1. The first-order valence-corrected chi connectivity index (χ1v) is 14.7. The summed E-state index contributed by atoms with van der Waals surface area (Å²) in [5, 5.41) is 10.9. The molecule has 7 nitrogen and oxygen atoms in total. The van der Waals surface area contributed by atoms with Gasteiger partial charge in [0.2, 0.25) is 11.8 Å². The Morgan fingerprint density at radius 1 is 0.974 bits per heavy atom. The fourth-order valence-corrected chi connectivity index (χ4v) is 8.38. The Bertz CT molecular complexity index is 1460. The molecular formula is C29H25BrCl2N2O5. The molecule has 39 heavy (non-hydrogen) atoms. The smallest absolute Gasteiger partial charge is 0.254 e. The van der Waals surface area contributed by atoms with Crippen LogP contribution in [0.2, 0.25) is 0 Å². The number of hydrogen-bond acceptors (Lipinski definition) is 5. The van der Waals surface area contributed by atoms with E-state index in [1.54, 1.807) is 30.3 Å². The van der Waals surface area contributed by atoms with Crippen LogP contribution in [0, 0.1) is 17.8 Å². The Kier molecular flexibility index (Phi) is 6.25. The standard InChI is InChI=1S/C29H25BrCl2N2O5/c1-2-15-7-9-16(10-8-15)34-24(36)19-12-11-17-20(22(19)25(34)37)13-28(31)26(38)33(14-30)27(39)29(28,32)23(17)18-5-3-4-6-21(18)35/h3-11,19-20,22-23,35H,2,12-14H2,1H3/t19-,20+,22-,23+,28+,29-/m0/s1. The molecule has 6 atom stereocenters. The highest BCUT2D eigenvalue weighted by atomic mass is 79.9. The number of rotatable bonds is 4. The zero-order valence-electron chi connectivity index (χ0n) is 20.9. The fraction of sp³-hybridized carbons (Fsp3) is 0.379. The van der Waals surface area contributed by atoms with Crippen molar-refractivity contribution in [3.63, 3.8) is 0 Å². The molecule has 3 fully saturated rings. The number of amides is 4. The molecule has 2 aliphatic carbocycles. The van der Waals surface area contributed by atoms with Gasteiger partial charge >= 0.3 is 0 Å². The molecule has 1 saturated carbocycles. The molecule has 0 radical (unpaired) electrons. The number of phenolic OH excluding ortho intramolecular Hbond substituents is 1. The predicted octanol–water partition coefficient (Wildman–Crippen LogP) is 4.87. The maximum absolute atomic E-state index is 14.0. The second kappa shape index (κ2) is 9.18. The molecule has 0 aromatic heterocycles. The van der Waals surface area contributed by atoms with Gasteiger partial charge < -0.3 is 5.11 Å². The maximum Gasteiger partial charge on any atom is 0.254 e. The van der Waals surface area contributed by atoms with E-state index in [0.717, 1.165) is 16.9 Å². The summed E-state index contributed by atoms with van der Waals surface area (Å²) in [5.74, 6) is -5.13. The Labute approximate surface area is 243 Å². The number of anilines is 1. The third kappa shape index (κ3) is 3.40. The first kappa shape index (κ1) is 26.5. The largest absolute Gasteiger partial charge is 0.508 e. The summed E-state index contributed by atoms with van der Waals surface area (Å²) in [7, 11) is 0. The van der Waals surface area contributed by atoms with Crippen molar-refractivity contribution in [3.05, 3.63) is 71.3 Å². The van der Waals surface area contributed by atoms with Crippen molar-refractivity contribution in [1.29, 1.82) is 0 Å². The summed E-state index contributed by atoms with van der Waals surface area (Å²) in [6.45, 7) is 2.03. The average Bonchev–Trinajstić information content (AvgIpc) is 3.27. The molecule has 0 unspecified atom stereocenters. The van der Waals surface area contributed by atoms with Crippen LogP contribution in [0.4, 0.5) is 5.69 Å². The Morgan fingerprint density at radius 2 is 1.67 bits per heavy atom. The minimum atomic E-state index is -1.94. The van der Waals surface area contributed by atoms with E-state index in [4.69, 9.17) is 23.2 Å². The number of likely N-dealkylation sites (tertiary alicyclic amines) is 1. The SMILES string of the molecule is CCc1ccc(N2C(=O)[C@H]3[C@H](CC=C4[C@H]3C[C@@]3(Cl)C(=O)N(CBr)C(=O)[C@@]3(Cl)[C@H]4c3ccccc3O)C2=O)cc1. The van der Waals surface area contributed by atoms with Gasteiger partial charge in [0.05, 0.1) is 23.0 Å². The van der Waals surface area contributed by atoms with Gasteiger partial charge in [-0.2, -0.15) is 0 Å². The van der Waals surface area contributed by atoms with Crippen LogP contribution in [0.15, 0.2) is 60.2 Å². The van der Waals surface area contributed by atoms with Crippen LogP contribution in [0.3, 0.4) is 0 Å². The molecule has 2 saturated heterocycles. The number of halogens is 3. The third-order valence-corrected chi connectivity index (χ3v) is 10.8. The summed E-state index contributed by atoms with van der Waals surface area (Å²) in [6.07, 6.45) is 2.85. The second-order valence-electron chi connectivity index (χ2n) is 10.6. The summed E-state index contributed by atoms with van der Waals surface area (Å²) in [4.78, 5) is 53.4. The number of allylic oxidation sites excluding steroid dienone is 2. The summed E-state index contributed by atoms with van der Waals surface area (Å²) < 4.78 is 0. The Balaban J connectivity index is 1.50. The van der Waals surface area contributed by atoms with Gasteiger partial charge in [0.15, 0.2) is 9.75 Å². The van der Waals surface area contributed by atoms with Crippen molar-refractivity contribution < 1.29 is 24.3 Å². The second-order valence-corrected chi connectivity index (χ2v) is 12.3. The maximum atomic E-state index is 14.0. The van der Waals surface area contributed by atoms with E-state index in [1.165, 1.54) is 11.0 Å². The van der Waals surface area contributed by atoms with E-state index in [-0.39, 0.29) is 35.9 Å². The minimum Gasteiger partial charge on any atom is -0.508 e. The van der Waals surface area contributed by atoms with Crippen LogP contribution in [0.25, 0.3) is 0 Å². The molecule has 2 aromatic rings. The van der Waals surface area contributed by atoms with Gasteiger partial charge in [0.1, 0.15) is 5.75 Å². The number of carbonyl (C=O) groups is 4. The number of benzene rings is 2. The van der Waals surface area contributed by atoms with Crippen molar-refractivity contribution in [1.82, 2.24) is 4.90 Å². The highest BCUT2D eigenvalue weighted by Gasteiger charge is 2.76. The third-order valence-electron chi connectivity index (χ3n) is 8.87. The van der Waals surface area contributed by atoms with Crippen molar-refractivity contribution in [2.24, 2.45) is 17.8 Å². The van der Waals surface area contributed by atoms with Gasteiger partial charge in [-0.05, 0) is 48.9 Å². The Morgan fingerprint density at radius 3 is 2.31 bits per heavy atom. The van der Waals surface area contributed by atoms with E-state index in [0.29, 0.717) is 16.8 Å². The molecule has 0 spiro atoms. The predicted molar refractivity (Wildman–Crippen MR) is 150 cm³/mol. The zero-order valence-corrected chi connectivity index (χ0v) is 24.0. The van der Waals surface area contributed by atoms with Gasteiger partial charge in [-0.1, -0.05) is 64.8 Å². The average molecular weight is 632 g/mol. The topological polar surface area (TPSA) is 95.0 Å². The van der Waals surface area contributed by atoms with Gasteiger partial charge in [-0.25, -0.2) is 0 Å². The summed E-state index contributed by atoms with van der Waals surface area (Å²) in [5.41, 5.74) is 2.46. The lowest BCUT2D eigenvalue weighted by Gasteiger charge is -2.50. The normalized spacial score (nSPS) is 33.7. The zero-order chi connectivity index (χ0) is 27.9. The van der Waals surface area contributed by atoms with Crippen LogP contribution < -0.4 is 4.90 Å². The number of aryl methyl sites for hydroxylation is 1. The summed E-state index contributed by atoms with van der Waals surface area (Å²) >= 11 is 17.5. The van der Waals surface area contributed by atoms with Gasteiger partial charge in [0, 0.05) is 11.5 Å². The van der Waals surface area contributed by atoms with E-state index >= 15 is 0 Å². The van der Waals surface area contributed by atoms with E-state index < -0.39 is 45.2 Å². The first-order valence-electron chi connectivity index (χ1n) is 12.8. The lowest BCUT2D eigenvalue weighted by molar-refractivity contribution is -0.138. The number of fused-ring (bicyclic) bond motifs is 4. The lowest BCUT2D eigenvalue weighted by atomic mass is 9.56. The number of alkyl halides is 3. The molecule has 202 valence electrons. The van der Waals surface area contributed by atoms with Crippen molar-refractivity contribution in [2.75, 3.05) is 10.4 Å². The molecule has 10 heteroatoms. The number of para-hydroxylation sites is 1. The minimum absolute atomic E-state index is 0.0924. The number of hydrogen-bond donors (Lipinski definition) is 1. The van der Waals surface area contributed by atoms with Gasteiger partial charge in [-0.15, -0.1) is 23.2 Å². The monoisotopic (exact) mass is 630 g/mol. The van der Waals surface area contributed by atoms with Crippen LogP contribution in [-0.2, 0) is 25.6 Å². The van der Waals surface area contributed by atoms with Crippen LogP contribution in [0.1, 0.15) is 36.8 Å². The van der Waals surface area contributed by atoms with Gasteiger partial charge in [0.25, 0.3) is 11.8 Å². The van der Waals surface area contributed by atoms with Gasteiger partial charge in [-0.3, -0.25) is 29.0 Å². The lowest BCUT2D eigenvalue weighted by Crippen LogP contribution is -2.60. The Hall–Kier alpha value is -2.68. The molecule has 4 amide bonds. The quantitative estimate of drug-likeness (QED) is 0.225. The summed E-state index contributed by atoms with van der Waals surface area (Å²) in [6, 6.07) is 13.8. The van der Waals surface area contributed by atoms with Crippen molar-refractivity contribution >= 4 is 68.4 Å². The molecule has 4 aliphatic rings. The molecule has 2 heterocycles.